The Labute approximate surface area is 92.5 Å². The monoisotopic (exact) mass is 207 g/mol. The van der Waals surface area contributed by atoms with E-state index in [-0.39, 0.29) is 12.1 Å². The summed E-state index contributed by atoms with van der Waals surface area (Å²) in [5, 5.41) is 9.26. The molecule has 0 atom stereocenters. The highest BCUT2D eigenvalue weighted by atomic mass is 16.3. The Morgan fingerprint density at radius 3 is 2.53 bits per heavy atom. The molecule has 2 heteroatoms. The zero-order chi connectivity index (χ0) is 11.5. The molecule has 0 aliphatic heterocycles. The van der Waals surface area contributed by atoms with Crippen LogP contribution in [0.2, 0.25) is 0 Å². The maximum atomic E-state index is 9.26. The first-order valence-electron chi connectivity index (χ1n) is 5.33. The van der Waals surface area contributed by atoms with Crippen LogP contribution >= 0.6 is 0 Å². The van der Waals surface area contributed by atoms with Gasteiger partial charge in [-0.05, 0) is 33.4 Å². The van der Waals surface area contributed by atoms with Gasteiger partial charge in [0.05, 0.1) is 6.61 Å². The average Bonchev–Trinajstić information content (AvgIpc) is 2.17. The van der Waals surface area contributed by atoms with Crippen LogP contribution in [0.1, 0.15) is 25.0 Å². The van der Waals surface area contributed by atoms with Crippen LogP contribution in [0.3, 0.4) is 0 Å². The molecule has 0 radical (unpaired) electrons. The van der Waals surface area contributed by atoms with Gasteiger partial charge in [-0.3, -0.25) is 4.90 Å². The molecule has 1 rings (SSSR count). The number of aliphatic hydroxyl groups is 1. The molecule has 2 nitrogen and oxygen atoms in total. The summed E-state index contributed by atoms with van der Waals surface area (Å²) in [5.74, 6) is 0. The maximum absolute atomic E-state index is 9.26. The Balaban J connectivity index is 2.70. The predicted molar refractivity (Wildman–Crippen MR) is 63.8 cm³/mol. The molecule has 0 aliphatic rings. The van der Waals surface area contributed by atoms with Crippen molar-refractivity contribution < 1.29 is 5.11 Å². The van der Waals surface area contributed by atoms with Crippen molar-refractivity contribution in [3.8, 4) is 0 Å². The number of aliphatic hydroxyl groups excluding tert-OH is 1. The molecule has 1 aromatic carbocycles. The van der Waals surface area contributed by atoms with Crippen molar-refractivity contribution in [2.24, 2.45) is 0 Å². The standard InChI is InChI=1S/C13H21NO/c1-11-6-5-7-12(8-11)9-14(4)13(2,3)10-15/h5-8,15H,9-10H2,1-4H3. The van der Waals surface area contributed by atoms with Crippen molar-refractivity contribution in [2.75, 3.05) is 13.7 Å². The van der Waals surface area contributed by atoms with E-state index in [0.29, 0.717) is 0 Å². The minimum Gasteiger partial charge on any atom is -0.394 e. The number of hydrogen-bond acceptors (Lipinski definition) is 2. The fourth-order valence-corrected chi connectivity index (χ4v) is 1.42. The Morgan fingerprint density at radius 2 is 2.00 bits per heavy atom. The minimum absolute atomic E-state index is 0.163. The number of rotatable bonds is 4. The van der Waals surface area contributed by atoms with Gasteiger partial charge in [0.15, 0.2) is 0 Å². The van der Waals surface area contributed by atoms with E-state index >= 15 is 0 Å². The van der Waals surface area contributed by atoms with Crippen LogP contribution in [0, 0.1) is 6.92 Å². The number of benzene rings is 1. The van der Waals surface area contributed by atoms with Gasteiger partial charge in [0.25, 0.3) is 0 Å². The summed E-state index contributed by atoms with van der Waals surface area (Å²) in [5.41, 5.74) is 2.41. The van der Waals surface area contributed by atoms with Crippen LogP contribution < -0.4 is 0 Å². The molecule has 0 spiro atoms. The summed E-state index contributed by atoms with van der Waals surface area (Å²) >= 11 is 0. The third kappa shape index (κ3) is 3.33. The molecule has 1 aromatic rings. The van der Waals surface area contributed by atoms with Gasteiger partial charge in [0, 0.05) is 12.1 Å². The Morgan fingerprint density at radius 1 is 1.33 bits per heavy atom. The van der Waals surface area contributed by atoms with Crippen LogP contribution in [-0.4, -0.2) is 29.2 Å². The summed E-state index contributed by atoms with van der Waals surface area (Å²) in [6.45, 7) is 7.23. The SMILES string of the molecule is Cc1cccc(CN(C)C(C)(C)CO)c1. The van der Waals surface area contributed by atoms with Crippen molar-refractivity contribution in [2.45, 2.75) is 32.9 Å². The summed E-state index contributed by atoms with van der Waals surface area (Å²) in [7, 11) is 2.04. The summed E-state index contributed by atoms with van der Waals surface area (Å²) in [4.78, 5) is 2.17. The fourth-order valence-electron chi connectivity index (χ4n) is 1.42. The first-order chi connectivity index (χ1) is 6.95. The predicted octanol–water partition coefficient (Wildman–Crippen LogP) is 2.20. The summed E-state index contributed by atoms with van der Waals surface area (Å²) in [6, 6.07) is 8.48. The van der Waals surface area contributed by atoms with Gasteiger partial charge in [0.2, 0.25) is 0 Å². The van der Waals surface area contributed by atoms with Crippen molar-refractivity contribution in [1.82, 2.24) is 4.90 Å². The lowest BCUT2D eigenvalue weighted by Crippen LogP contribution is -2.43. The lowest BCUT2D eigenvalue weighted by Gasteiger charge is -2.33. The van der Waals surface area contributed by atoms with Crippen LogP contribution in [-0.2, 0) is 6.54 Å². The highest BCUT2D eigenvalue weighted by molar-refractivity contribution is 5.22. The third-order valence-corrected chi connectivity index (χ3v) is 2.92. The average molecular weight is 207 g/mol. The van der Waals surface area contributed by atoms with E-state index in [1.807, 2.05) is 20.9 Å². The quantitative estimate of drug-likeness (QED) is 0.818. The largest absolute Gasteiger partial charge is 0.394 e. The zero-order valence-electron chi connectivity index (χ0n) is 10.1. The Kier molecular flexibility index (Phi) is 3.89. The van der Waals surface area contributed by atoms with Gasteiger partial charge in [-0.15, -0.1) is 0 Å². The Bertz CT molecular complexity index is 320. The lowest BCUT2D eigenvalue weighted by atomic mass is 10.0. The molecule has 0 saturated carbocycles. The van der Waals surface area contributed by atoms with Gasteiger partial charge in [-0.25, -0.2) is 0 Å². The van der Waals surface area contributed by atoms with E-state index in [4.69, 9.17) is 0 Å². The molecular formula is C13H21NO. The molecule has 15 heavy (non-hydrogen) atoms. The molecular weight excluding hydrogens is 186 g/mol. The van der Waals surface area contributed by atoms with E-state index in [1.54, 1.807) is 0 Å². The van der Waals surface area contributed by atoms with Gasteiger partial charge >= 0.3 is 0 Å². The smallest absolute Gasteiger partial charge is 0.0610 e. The first kappa shape index (κ1) is 12.2. The summed E-state index contributed by atoms with van der Waals surface area (Å²) < 4.78 is 0. The van der Waals surface area contributed by atoms with E-state index in [2.05, 4.69) is 36.1 Å². The van der Waals surface area contributed by atoms with E-state index in [9.17, 15) is 5.11 Å². The van der Waals surface area contributed by atoms with Crippen molar-refractivity contribution in [3.05, 3.63) is 35.4 Å². The Hall–Kier alpha value is -0.860. The second-order valence-electron chi connectivity index (χ2n) is 4.82. The molecule has 84 valence electrons. The minimum atomic E-state index is -0.163. The molecule has 0 amide bonds. The lowest BCUT2D eigenvalue weighted by molar-refractivity contribution is 0.0734. The van der Waals surface area contributed by atoms with Gasteiger partial charge in [-0.1, -0.05) is 29.8 Å². The normalized spacial score (nSPS) is 12.1. The third-order valence-electron chi connectivity index (χ3n) is 2.92. The van der Waals surface area contributed by atoms with Crippen molar-refractivity contribution in [1.29, 1.82) is 0 Å². The molecule has 0 bridgehead atoms. The van der Waals surface area contributed by atoms with Gasteiger partial charge < -0.3 is 5.11 Å². The highest BCUT2D eigenvalue weighted by Crippen LogP contribution is 2.15. The van der Waals surface area contributed by atoms with E-state index < -0.39 is 0 Å². The second-order valence-corrected chi connectivity index (χ2v) is 4.82. The van der Waals surface area contributed by atoms with Gasteiger partial charge in [0.1, 0.15) is 0 Å². The van der Waals surface area contributed by atoms with Gasteiger partial charge in [-0.2, -0.15) is 0 Å². The highest BCUT2D eigenvalue weighted by Gasteiger charge is 2.22. The zero-order valence-corrected chi connectivity index (χ0v) is 10.1. The summed E-state index contributed by atoms with van der Waals surface area (Å²) in [6.07, 6.45) is 0. The van der Waals surface area contributed by atoms with E-state index in [0.717, 1.165) is 6.54 Å². The second kappa shape index (κ2) is 4.77. The first-order valence-corrected chi connectivity index (χ1v) is 5.33. The number of nitrogens with zero attached hydrogens (tertiary/aromatic N) is 1. The molecule has 1 N–H and O–H groups in total. The molecule has 0 aliphatic carbocycles. The van der Waals surface area contributed by atoms with Crippen molar-refractivity contribution in [3.63, 3.8) is 0 Å². The van der Waals surface area contributed by atoms with Crippen LogP contribution in [0.15, 0.2) is 24.3 Å². The van der Waals surface area contributed by atoms with Crippen LogP contribution in [0.5, 0.6) is 0 Å². The molecule has 0 fully saturated rings. The number of aryl methyl sites for hydroxylation is 1. The van der Waals surface area contributed by atoms with Crippen molar-refractivity contribution >= 4 is 0 Å². The molecule has 0 unspecified atom stereocenters. The number of likely N-dealkylation sites (N-methyl/N-ethyl adjacent to an activating group) is 1. The number of hydrogen-bond donors (Lipinski definition) is 1. The van der Waals surface area contributed by atoms with Crippen LogP contribution in [0.25, 0.3) is 0 Å². The molecule has 0 saturated heterocycles. The van der Waals surface area contributed by atoms with Crippen LogP contribution in [0.4, 0.5) is 0 Å². The molecule has 0 aromatic heterocycles. The topological polar surface area (TPSA) is 23.5 Å². The fraction of sp³-hybridized carbons (Fsp3) is 0.538. The van der Waals surface area contributed by atoms with E-state index in [1.165, 1.54) is 11.1 Å². The maximum Gasteiger partial charge on any atom is 0.0610 e. The molecule has 0 heterocycles.